The van der Waals surface area contributed by atoms with E-state index in [0.29, 0.717) is 18.0 Å². The minimum atomic E-state index is -3.50. The Hall–Kier alpha value is -0.950. The molecule has 0 bridgehead atoms. The Morgan fingerprint density at radius 2 is 1.77 bits per heavy atom. The molecule has 1 aromatic rings. The summed E-state index contributed by atoms with van der Waals surface area (Å²) < 4.78 is 33.5. The fraction of sp³-hybridized carbons (Fsp3) is 0.625. The van der Waals surface area contributed by atoms with Crippen molar-refractivity contribution in [3.63, 3.8) is 0 Å². The zero-order valence-corrected chi connectivity index (χ0v) is 14.1. The van der Waals surface area contributed by atoms with Crippen LogP contribution in [0.1, 0.15) is 25.3 Å². The number of sulfonamides is 1. The molecule has 0 amide bonds. The van der Waals surface area contributed by atoms with E-state index in [2.05, 4.69) is 11.8 Å². The predicted molar refractivity (Wildman–Crippen MR) is 85.1 cm³/mol. The molecule has 2 saturated heterocycles. The number of hydrogen-bond acceptors (Lipinski definition) is 4. The Bertz CT molecular complexity index is 619. The topological polar surface area (TPSA) is 49.9 Å². The molecule has 2 aliphatic rings. The van der Waals surface area contributed by atoms with Crippen molar-refractivity contribution in [3.8, 4) is 0 Å². The molecule has 5 nitrogen and oxygen atoms in total. The molecule has 1 spiro atoms. The molecule has 22 heavy (non-hydrogen) atoms. The van der Waals surface area contributed by atoms with Crippen LogP contribution < -0.4 is 0 Å². The third kappa shape index (κ3) is 2.69. The minimum Gasteiger partial charge on any atom is -0.358 e. The molecule has 2 fully saturated rings. The number of hydrogen-bond donors (Lipinski definition) is 0. The highest BCUT2D eigenvalue weighted by Crippen LogP contribution is 2.38. The van der Waals surface area contributed by atoms with E-state index in [0.717, 1.165) is 38.0 Å². The fourth-order valence-corrected chi connectivity index (χ4v) is 5.11. The lowest BCUT2D eigenvalue weighted by atomic mass is 10.0. The van der Waals surface area contributed by atoms with Gasteiger partial charge in [0, 0.05) is 32.5 Å². The highest BCUT2D eigenvalue weighted by molar-refractivity contribution is 7.89. The summed E-state index contributed by atoms with van der Waals surface area (Å²) in [4.78, 5) is 2.70. The predicted octanol–water partition coefficient (Wildman–Crippen LogP) is 1.83. The number of rotatable bonds is 3. The van der Waals surface area contributed by atoms with E-state index in [1.54, 1.807) is 16.4 Å². The highest BCUT2D eigenvalue weighted by atomic mass is 32.2. The summed E-state index contributed by atoms with van der Waals surface area (Å²) in [5.74, 6) is 0. The van der Waals surface area contributed by atoms with Crippen molar-refractivity contribution in [1.82, 2.24) is 9.21 Å². The molecule has 1 aromatic carbocycles. The second kappa shape index (κ2) is 5.92. The molecule has 0 unspecified atom stereocenters. The molecular formula is C16H24N2O3S. The average Bonchev–Trinajstić information content (AvgIpc) is 2.93. The van der Waals surface area contributed by atoms with Gasteiger partial charge in [0.25, 0.3) is 0 Å². The molecule has 122 valence electrons. The van der Waals surface area contributed by atoms with Gasteiger partial charge in [-0.2, -0.15) is 4.31 Å². The Kier molecular flexibility index (Phi) is 4.29. The summed E-state index contributed by atoms with van der Waals surface area (Å²) in [6.45, 7) is 7.79. The van der Waals surface area contributed by atoms with Gasteiger partial charge in [-0.15, -0.1) is 0 Å². The van der Waals surface area contributed by atoms with Crippen LogP contribution in [0.15, 0.2) is 29.2 Å². The van der Waals surface area contributed by atoms with Gasteiger partial charge < -0.3 is 9.64 Å². The summed E-state index contributed by atoms with van der Waals surface area (Å²) in [5.41, 5.74) is 0.414. The standard InChI is InChI=1S/C16H24N2O3S/c1-3-17-10-8-16(9-11-17)18(12-13-21-16)22(19,20)15-6-4-14(2)5-7-15/h4-7H,3,8-13H2,1-2H3. The van der Waals surface area contributed by atoms with Gasteiger partial charge in [0.15, 0.2) is 0 Å². The van der Waals surface area contributed by atoms with E-state index in [9.17, 15) is 8.42 Å². The maximum Gasteiger partial charge on any atom is 0.245 e. The maximum atomic E-state index is 13.0. The second-order valence-electron chi connectivity index (χ2n) is 6.12. The fourth-order valence-electron chi connectivity index (χ4n) is 3.38. The largest absolute Gasteiger partial charge is 0.358 e. The van der Waals surface area contributed by atoms with E-state index in [4.69, 9.17) is 4.74 Å². The molecule has 3 rings (SSSR count). The van der Waals surface area contributed by atoms with Gasteiger partial charge in [-0.25, -0.2) is 8.42 Å². The molecule has 0 radical (unpaired) electrons. The number of ether oxygens (including phenoxy) is 1. The average molecular weight is 324 g/mol. The lowest BCUT2D eigenvalue weighted by molar-refractivity contribution is -0.0899. The van der Waals surface area contributed by atoms with Gasteiger partial charge in [0.1, 0.15) is 5.72 Å². The summed E-state index contributed by atoms with van der Waals surface area (Å²) in [6.07, 6.45) is 1.48. The van der Waals surface area contributed by atoms with Gasteiger partial charge in [0.05, 0.1) is 11.5 Å². The number of likely N-dealkylation sites (tertiary alicyclic amines) is 1. The summed E-state index contributed by atoms with van der Waals surface area (Å²) in [7, 11) is -3.50. The van der Waals surface area contributed by atoms with Crippen molar-refractivity contribution >= 4 is 10.0 Å². The molecule has 0 N–H and O–H groups in total. The second-order valence-corrected chi connectivity index (χ2v) is 7.98. The third-order valence-electron chi connectivity index (χ3n) is 4.81. The Balaban J connectivity index is 1.88. The van der Waals surface area contributed by atoms with Crippen LogP contribution in [0.2, 0.25) is 0 Å². The molecule has 0 aliphatic carbocycles. The van der Waals surface area contributed by atoms with Crippen LogP contribution in [0, 0.1) is 6.92 Å². The number of benzene rings is 1. The highest BCUT2D eigenvalue weighted by Gasteiger charge is 2.50. The van der Waals surface area contributed by atoms with Crippen molar-refractivity contribution in [2.24, 2.45) is 0 Å². The molecule has 0 atom stereocenters. The van der Waals surface area contributed by atoms with Gasteiger partial charge in [-0.05, 0) is 25.6 Å². The van der Waals surface area contributed by atoms with E-state index >= 15 is 0 Å². The van der Waals surface area contributed by atoms with Crippen LogP contribution in [0.25, 0.3) is 0 Å². The van der Waals surface area contributed by atoms with Crippen molar-refractivity contribution < 1.29 is 13.2 Å². The lowest BCUT2D eigenvalue weighted by Crippen LogP contribution is -2.54. The number of piperidine rings is 1. The van der Waals surface area contributed by atoms with Crippen LogP contribution >= 0.6 is 0 Å². The van der Waals surface area contributed by atoms with Gasteiger partial charge in [0.2, 0.25) is 10.0 Å². The van der Waals surface area contributed by atoms with Crippen molar-refractivity contribution in [2.45, 2.75) is 37.3 Å². The van der Waals surface area contributed by atoms with Crippen LogP contribution in [-0.2, 0) is 14.8 Å². The first kappa shape index (κ1) is 15.9. The number of nitrogens with zero attached hydrogens (tertiary/aromatic N) is 2. The molecule has 0 saturated carbocycles. The third-order valence-corrected chi connectivity index (χ3v) is 6.78. The van der Waals surface area contributed by atoms with Crippen molar-refractivity contribution in [3.05, 3.63) is 29.8 Å². The zero-order chi connectivity index (χ0) is 15.8. The zero-order valence-electron chi connectivity index (χ0n) is 13.3. The summed E-state index contributed by atoms with van der Waals surface area (Å²) in [5, 5.41) is 0. The Morgan fingerprint density at radius 1 is 1.14 bits per heavy atom. The van der Waals surface area contributed by atoms with Gasteiger partial charge in [-0.3, -0.25) is 0 Å². The monoisotopic (exact) mass is 324 g/mol. The summed E-state index contributed by atoms with van der Waals surface area (Å²) in [6, 6.07) is 7.07. The van der Waals surface area contributed by atoms with Crippen LogP contribution in [0.5, 0.6) is 0 Å². The van der Waals surface area contributed by atoms with Crippen LogP contribution in [-0.4, -0.2) is 56.1 Å². The minimum absolute atomic E-state index is 0.362. The Morgan fingerprint density at radius 3 is 2.36 bits per heavy atom. The van der Waals surface area contributed by atoms with E-state index in [1.807, 2.05) is 19.1 Å². The molecule has 2 heterocycles. The number of aryl methyl sites for hydroxylation is 1. The Labute approximate surface area is 132 Å². The smallest absolute Gasteiger partial charge is 0.245 e. The maximum absolute atomic E-state index is 13.0. The normalized spacial score (nSPS) is 23.2. The quantitative estimate of drug-likeness (QED) is 0.851. The van der Waals surface area contributed by atoms with Gasteiger partial charge >= 0.3 is 0 Å². The molecule has 6 heteroatoms. The van der Waals surface area contributed by atoms with Gasteiger partial charge in [-0.1, -0.05) is 24.6 Å². The van der Waals surface area contributed by atoms with Crippen molar-refractivity contribution in [2.75, 3.05) is 32.8 Å². The summed E-state index contributed by atoms with van der Waals surface area (Å²) >= 11 is 0. The molecule has 0 aromatic heterocycles. The first-order valence-corrected chi connectivity index (χ1v) is 9.38. The lowest BCUT2D eigenvalue weighted by Gasteiger charge is -2.42. The SMILES string of the molecule is CCN1CCC2(CC1)OCCN2S(=O)(=O)c1ccc(C)cc1. The van der Waals surface area contributed by atoms with E-state index < -0.39 is 15.7 Å². The van der Waals surface area contributed by atoms with E-state index in [1.165, 1.54) is 0 Å². The molecular weight excluding hydrogens is 300 g/mol. The van der Waals surface area contributed by atoms with Crippen molar-refractivity contribution in [1.29, 1.82) is 0 Å². The first-order chi connectivity index (χ1) is 10.5. The van der Waals surface area contributed by atoms with Crippen LogP contribution in [0.4, 0.5) is 0 Å². The molecule has 2 aliphatic heterocycles. The van der Waals surface area contributed by atoms with Crippen LogP contribution in [0.3, 0.4) is 0 Å². The first-order valence-electron chi connectivity index (χ1n) is 7.94. The van der Waals surface area contributed by atoms with E-state index in [-0.39, 0.29) is 0 Å².